The molecule has 1 saturated heterocycles. The molecule has 5 aromatic heterocycles. The summed E-state index contributed by atoms with van der Waals surface area (Å²) in [5.74, 6) is 2.12. The van der Waals surface area contributed by atoms with E-state index >= 15 is 0 Å². The second-order valence-electron chi connectivity index (χ2n) is 10.2. The first-order valence-electron chi connectivity index (χ1n) is 13.2. The first-order valence-corrected chi connectivity index (χ1v) is 13.2. The highest BCUT2D eigenvalue weighted by Gasteiger charge is 2.27. The molecule has 1 amide bonds. The van der Waals surface area contributed by atoms with Gasteiger partial charge in [-0.1, -0.05) is 0 Å². The lowest BCUT2D eigenvalue weighted by atomic mass is 10.1. The van der Waals surface area contributed by atoms with Crippen LogP contribution in [0.2, 0.25) is 0 Å². The number of amides is 1. The quantitative estimate of drug-likeness (QED) is 0.334. The smallest absolute Gasteiger partial charge is 0.270 e. The van der Waals surface area contributed by atoms with E-state index in [1.807, 2.05) is 54.5 Å². The Labute approximate surface area is 232 Å². The van der Waals surface area contributed by atoms with Crippen LogP contribution in [0.4, 0.5) is 5.82 Å². The second kappa shape index (κ2) is 9.91. The van der Waals surface area contributed by atoms with Gasteiger partial charge < -0.3 is 23.8 Å². The maximum Gasteiger partial charge on any atom is 0.270 e. The molecular formula is C29H32N8O3. The van der Waals surface area contributed by atoms with Crippen molar-refractivity contribution in [1.82, 2.24) is 34.2 Å². The number of nitrogens with zero attached hydrogens (tertiary/aromatic N) is 8. The lowest BCUT2D eigenvalue weighted by Gasteiger charge is -2.29. The summed E-state index contributed by atoms with van der Waals surface area (Å²) in [5.41, 5.74) is 5.71. The van der Waals surface area contributed by atoms with E-state index in [9.17, 15) is 4.79 Å². The lowest BCUT2D eigenvalue weighted by Crippen LogP contribution is -2.37. The molecule has 11 nitrogen and oxygen atoms in total. The van der Waals surface area contributed by atoms with Gasteiger partial charge in [-0.3, -0.25) is 14.8 Å². The normalized spacial score (nSPS) is 13.8. The molecule has 1 fully saturated rings. The highest BCUT2D eigenvalue weighted by atomic mass is 16.5. The van der Waals surface area contributed by atoms with E-state index in [2.05, 4.69) is 9.88 Å². The van der Waals surface area contributed by atoms with Gasteiger partial charge in [0, 0.05) is 63.1 Å². The van der Waals surface area contributed by atoms with Gasteiger partial charge >= 0.3 is 0 Å². The van der Waals surface area contributed by atoms with Gasteiger partial charge in [0.2, 0.25) is 0 Å². The number of ether oxygens (including phenoxy) is 2. The maximum absolute atomic E-state index is 13.2. The Balaban J connectivity index is 1.61. The first-order chi connectivity index (χ1) is 19.3. The summed E-state index contributed by atoms with van der Waals surface area (Å²) in [6, 6.07) is 5.84. The predicted molar refractivity (Wildman–Crippen MR) is 153 cm³/mol. The van der Waals surface area contributed by atoms with Crippen molar-refractivity contribution in [2.75, 3.05) is 52.4 Å². The number of methoxy groups -OCH3 is 1. The van der Waals surface area contributed by atoms with Crippen molar-refractivity contribution in [1.29, 1.82) is 0 Å². The number of carbonyl (C=O) groups is 1. The minimum absolute atomic E-state index is 0.0491. The van der Waals surface area contributed by atoms with Crippen LogP contribution in [-0.2, 0) is 11.8 Å². The van der Waals surface area contributed by atoms with Crippen LogP contribution < -0.4 is 9.64 Å². The van der Waals surface area contributed by atoms with Crippen LogP contribution in [0, 0.1) is 13.8 Å². The van der Waals surface area contributed by atoms with Gasteiger partial charge in [0.15, 0.2) is 11.6 Å². The van der Waals surface area contributed by atoms with Gasteiger partial charge in [-0.25, -0.2) is 9.67 Å². The fraction of sp³-hybridized carbons (Fsp3) is 0.345. The fourth-order valence-corrected chi connectivity index (χ4v) is 5.49. The molecule has 0 radical (unpaired) electrons. The molecule has 40 heavy (non-hydrogen) atoms. The fourth-order valence-electron chi connectivity index (χ4n) is 5.49. The standard InChI is InChI=1S/C29H32N8O3/c1-17-19-13-25(33-28(36-9-11-40-12-10-36)27(19)35(5)26(17)29(38)34(3)4)37-23-14-22(32-18(2)20(23)16-31-37)21-15-30-8-7-24(21)39-6/h7-8,13-16H,9-12H2,1-6H3. The third-order valence-electron chi connectivity index (χ3n) is 7.56. The molecule has 11 heteroatoms. The monoisotopic (exact) mass is 540 g/mol. The van der Waals surface area contributed by atoms with E-state index in [1.54, 1.807) is 38.5 Å². The summed E-state index contributed by atoms with van der Waals surface area (Å²) in [6.07, 6.45) is 5.27. The van der Waals surface area contributed by atoms with Crippen LogP contribution in [0.25, 0.3) is 38.9 Å². The SMILES string of the molecule is COc1ccncc1-c1cc2c(cnn2-c2cc3c(C)c(C(=O)N(C)C)n(C)c3c(N3CCOCC3)n2)c(C)n1. The van der Waals surface area contributed by atoms with Crippen molar-refractivity contribution in [3.05, 3.63) is 53.7 Å². The molecule has 0 saturated carbocycles. The summed E-state index contributed by atoms with van der Waals surface area (Å²) in [7, 11) is 7.11. The van der Waals surface area contributed by atoms with Crippen LogP contribution in [0.15, 0.2) is 36.8 Å². The number of hydrogen-bond donors (Lipinski definition) is 0. The topological polar surface area (TPSA) is 103 Å². The van der Waals surface area contributed by atoms with Crippen LogP contribution in [0.3, 0.4) is 0 Å². The minimum atomic E-state index is -0.0491. The van der Waals surface area contributed by atoms with E-state index in [-0.39, 0.29) is 5.91 Å². The van der Waals surface area contributed by atoms with Crippen LogP contribution in [0.5, 0.6) is 5.75 Å². The molecule has 5 aromatic rings. The summed E-state index contributed by atoms with van der Waals surface area (Å²) in [5, 5.41) is 6.65. The zero-order valence-electron chi connectivity index (χ0n) is 23.6. The minimum Gasteiger partial charge on any atom is -0.496 e. The molecule has 0 aromatic carbocycles. The molecular weight excluding hydrogens is 508 g/mol. The molecule has 1 aliphatic heterocycles. The molecule has 0 spiro atoms. The molecule has 1 aliphatic rings. The van der Waals surface area contributed by atoms with Crippen LogP contribution >= 0.6 is 0 Å². The number of aromatic nitrogens is 6. The first kappa shape index (κ1) is 25.8. The van der Waals surface area contributed by atoms with Gasteiger partial charge in [0.25, 0.3) is 5.91 Å². The largest absolute Gasteiger partial charge is 0.496 e. The number of aryl methyl sites for hydroxylation is 3. The van der Waals surface area contributed by atoms with Gasteiger partial charge in [0.1, 0.15) is 11.4 Å². The van der Waals surface area contributed by atoms with Crippen molar-refractivity contribution >= 4 is 33.5 Å². The molecule has 0 unspecified atom stereocenters. The van der Waals surface area contributed by atoms with Gasteiger partial charge in [-0.05, 0) is 37.6 Å². The van der Waals surface area contributed by atoms with Crippen LogP contribution in [-0.4, -0.2) is 87.6 Å². The lowest BCUT2D eigenvalue weighted by molar-refractivity contribution is 0.0818. The Morgan fingerprint density at radius 3 is 2.58 bits per heavy atom. The molecule has 6 heterocycles. The Morgan fingerprint density at radius 1 is 1.07 bits per heavy atom. The number of fused-ring (bicyclic) bond motifs is 2. The van der Waals surface area contributed by atoms with Gasteiger partial charge in [-0.2, -0.15) is 5.10 Å². The third kappa shape index (κ3) is 4.04. The van der Waals surface area contributed by atoms with Crippen molar-refractivity contribution in [2.45, 2.75) is 13.8 Å². The summed E-state index contributed by atoms with van der Waals surface area (Å²) < 4.78 is 15.0. The number of hydrogen-bond acceptors (Lipinski definition) is 8. The predicted octanol–water partition coefficient (Wildman–Crippen LogP) is 3.53. The average Bonchev–Trinajstić information content (AvgIpc) is 3.51. The average molecular weight is 541 g/mol. The van der Waals surface area contributed by atoms with Crippen molar-refractivity contribution in [3.63, 3.8) is 0 Å². The van der Waals surface area contributed by atoms with E-state index in [1.165, 1.54) is 0 Å². The summed E-state index contributed by atoms with van der Waals surface area (Å²) in [6.45, 7) is 6.62. The number of anilines is 1. The summed E-state index contributed by atoms with van der Waals surface area (Å²) in [4.78, 5) is 31.3. The Bertz CT molecular complexity index is 1760. The second-order valence-corrected chi connectivity index (χ2v) is 10.2. The molecule has 6 rings (SSSR count). The van der Waals surface area contributed by atoms with Crippen molar-refractivity contribution in [2.24, 2.45) is 7.05 Å². The molecule has 0 aliphatic carbocycles. The number of morpholine rings is 1. The van der Waals surface area contributed by atoms with Crippen molar-refractivity contribution in [3.8, 4) is 22.8 Å². The van der Waals surface area contributed by atoms with Crippen molar-refractivity contribution < 1.29 is 14.3 Å². The molecule has 206 valence electrons. The maximum atomic E-state index is 13.2. The number of rotatable bonds is 5. The van der Waals surface area contributed by atoms with E-state index in [0.29, 0.717) is 43.6 Å². The molecule has 0 atom stereocenters. The van der Waals surface area contributed by atoms with Gasteiger partial charge in [-0.15, -0.1) is 0 Å². The zero-order chi connectivity index (χ0) is 28.1. The van der Waals surface area contributed by atoms with Gasteiger partial charge in [0.05, 0.1) is 48.8 Å². The molecule has 0 N–H and O–H groups in total. The number of pyridine rings is 3. The van der Waals surface area contributed by atoms with E-state index in [0.717, 1.165) is 50.1 Å². The summed E-state index contributed by atoms with van der Waals surface area (Å²) >= 11 is 0. The molecule has 0 bridgehead atoms. The zero-order valence-corrected chi connectivity index (χ0v) is 23.6. The third-order valence-corrected chi connectivity index (χ3v) is 7.56. The number of carbonyl (C=O) groups excluding carboxylic acids is 1. The van der Waals surface area contributed by atoms with Crippen LogP contribution in [0.1, 0.15) is 21.7 Å². The highest BCUT2D eigenvalue weighted by Crippen LogP contribution is 2.36. The van der Waals surface area contributed by atoms with E-state index in [4.69, 9.17) is 24.5 Å². The Hall–Kier alpha value is -4.51. The van der Waals surface area contributed by atoms with E-state index < -0.39 is 0 Å². The highest BCUT2D eigenvalue weighted by molar-refractivity contribution is 6.04. The Morgan fingerprint density at radius 2 is 1.85 bits per heavy atom. The Kier molecular flexibility index (Phi) is 6.38.